The first-order valence-corrected chi connectivity index (χ1v) is 14.4. The van der Waals surface area contributed by atoms with Crippen molar-refractivity contribution in [3.05, 3.63) is 0 Å². The second kappa shape index (κ2) is 11.0. The van der Waals surface area contributed by atoms with Gasteiger partial charge in [0.05, 0.1) is 13.2 Å². The van der Waals surface area contributed by atoms with Gasteiger partial charge in [0.1, 0.15) is 11.6 Å². The molecule has 0 heterocycles. The molecule has 1 aliphatic carbocycles. The summed E-state index contributed by atoms with van der Waals surface area (Å²) in [6, 6.07) is 0.0789. The molecule has 0 saturated heterocycles. The van der Waals surface area contributed by atoms with Gasteiger partial charge in [-0.25, -0.2) is 9.59 Å². The minimum absolute atomic E-state index is 0.0303. The third-order valence-electron chi connectivity index (χ3n) is 4.89. The van der Waals surface area contributed by atoms with Gasteiger partial charge in [-0.05, 0) is 39.7 Å². The molecule has 29 heavy (non-hydrogen) atoms. The average molecular weight is 429 g/mol. The number of nitrogens with one attached hydrogen (secondary N) is 1. The maximum Gasteiger partial charge on any atom is 0.409 e. The second-order valence-corrected chi connectivity index (χ2v) is 15.9. The number of alkyl carbamates (subject to hydrolysis) is 1. The van der Waals surface area contributed by atoms with Crippen LogP contribution in [0.1, 0.15) is 52.9 Å². The minimum Gasteiger partial charge on any atom is -0.450 e. The van der Waals surface area contributed by atoms with E-state index in [9.17, 15) is 14.4 Å². The summed E-state index contributed by atoms with van der Waals surface area (Å²) >= 11 is 0. The quantitative estimate of drug-likeness (QED) is 0.578. The van der Waals surface area contributed by atoms with Gasteiger partial charge in [-0.15, -0.1) is 0 Å². The van der Waals surface area contributed by atoms with Gasteiger partial charge in [0.15, 0.2) is 5.78 Å². The predicted molar refractivity (Wildman–Crippen MR) is 117 cm³/mol. The first kappa shape index (κ1) is 25.5. The first-order chi connectivity index (χ1) is 13.3. The molecule has 2 amide bonds. The monoisotopic (exact) mass is 428 g/mol. The number of carbonyl (C=O) groups excluding carboxylic acids is 3. The lowest BCUT2D eigenvalue weighted by Crippen LogP contribution is -2.52. The summed E-state index contributed by atoms with van der Waals surface area (Å²) in [5.74, 6) is -0.114. The summed E-state index contributed by atoms with van der Waals surface area (Å²) < 4.78 is 10.7. The molecule has 1 fully saturated rings. The largest absolute Gasteiger partial charge is 0.450 e. The fourth-order valence-corrected chi connectivity index (χ4v) is 3.95. The van der Waals surface area contributed by atoms with Crippen LogP contribution in [0, 0.1) is 5.92 Å². The molecule has 7 nitrogen and oxygen atoms in total. The number of ether oxygens (including phenoxy) is 2. The van der Waals surface area contributed by atoms with Gasteiger partial charge in [0.25, 0.3) is 0 Å². The molecule has 0 bridgehead atoms. The Balaban J connectivity index is 2.74. The standard InChI is InChI=1S/C21H40N2O5Si/c1-21(2,3)28-19(25)22-17(18(24)16-11-9-8-10-12-16)15-23(4)20(26)27-13-14-29(5,6)7/h16-17H,8-15H2,1-7H3,(H,22,25)/t17-/m1/s1. The number of hydrogen-bond donors (Lipinski definition) is 1. The van der Waals surface area contributed by atoms with E-state index in [1.165, 1.54) is 4.90 Å². The topological polar surface area (TPSA) is 84.9 Å². The van der Waals surface area contributed by atoms with Gasteiger partial charge in [-0.2, -0.15) is 0 Å². The molecule has 1 N–H and O–H groups in total. The Morgan fingerprint density at radius 3 is 2.21 bits per heavy atom. The molecular formula is C21H40N2O5Si. The number of rotatable bonds is 8. The molecule has 168 valence electrons. The summed E-state index contributed by atoms with van der Waals surface area (Å²) in [6.07, 6.45) is 3.71. The van der Waals surface area contributed by atoms with Crippen molar-refractivity contribution in [2.75, 3.05) is 20.2 Å². The van der Waals surface area contributed by atoms with Crippen molar-refractivity contribution in [3.63, 3.8) is 0 Å². The van der Waals surface area contributed by atoms with Crippen molar-refractivity contribution in [2.45, 2.75) is 90.2 Å². The van der Waals surface area contributed by atoms with Crippen LogP contribution in [0.3, 0.4) is 0 Å². The van der Waals surface area contributed by atoms with Crippen molar-refractivity contribution in [3.8, 4) is 0 Å². The van der Waals surface area contributed by atoms with Crippen LogP contribution in [-0.2, 0) is 14.3 Å². The fourth-order valence-electron chi connectivity index (χ4n) is 3.23. The van der Waals surface area contributed by atoms with E-state index in [0.717, 1.165) is 38.1 Å². The first-order valence-electron chi connectivity index (χ1n) is 10.7. The molecule has 0 unspecified atom stereocenters. The molecule has 1 atom stereocenters. The molecule has 8 heteroatoms. The number of likely N-dealkylation sites (N-methyl/N-ethyl adjacent to an activating group) is 1. The highest BCUT2D eigenvalue weighted by Gasteiger charge is 2.32. The lowest BCUT2D eigenvalue weighted by atomic mass is 9.83. The SMILES string of the molecule is CN(C[C@@H](NC(=O)OC(C)(C)C)C(=O)C1CCCCC1)C(=O)OCC[Si](C)(C)C. The Labute approximate surface area is 176 Å². The van der Waals surface area contributed by atoms with E-state index in [2.05, 4.69) is 25.0 Å². The van der Waals surface area contributed by atoms with Crippen LogP contribution in [0.4, 0.5) is 9.59 Å². The minimum atomic E-state index is -1.30. The zero-order valence-corrected chi connectivity index (χ0v) is 20.3. The smallest absolute Gasteiger partial charge is 0.409 e. The Kier molecular flexibility index (Phi) is 9.65. The van der Waals surface area contributed by atoms with Gasteiger partial charge in [-0.1, -0.05) is 38.9 Å². The van der Waals surface area contributed by atoms with Crippen molar-refractivity contribution < 1.29 is 23.9 Å². The van der Waals surface area contributed by atoms with Crippen molar-refractivity contribution in [1.82, 2.24) is 10.2 Å². The summed E-state index contributed by atoms with van der Waals surface area (Å²) in [7, 11) is 0.293. The third kappa shape index (κ3) is 10.7. The van der Waals surface area contributed by atoms with E-state index < -0.39 is 31.9 Å². The van der Waals surface area contributed by atoms with Gasteiger partial charge in [-0.3, -0.25) is 4.79 Å². The van der Waals surface area contributed by atoms with E-state index in [1.807, 2.05) is 0 Å². The Bertz CT molecular complexity index is 562. The van der Waals surface area contributed by atoms with Crippen LogP contribution in [0.25, 0.3) is 0 Å². The summed E-state index contributed by atoms with van der Waals surface area (Å²) in [5, 5.41) is 2.68. The molecule has 0 aromatic heterocycles. The predicted octanol–water partition coefficient (Wildman–Crippen LogP) is 4.44. The summed E-state index contributed by atoms with van der Waals surface area (Å²) in [4.78, 5) is 39.0. The lowest BCUT2D eigenvalue weighted by Gasteiger charge is -2.29. The molecule has 0 aromatic rings. The summed E-state index contributed by atoms with van der Waals surface area (Å²) in [5.41, 5.74) is -0.663. The Morgan fingerprint density at radius 2 is 1.69 bits per heavy atom. The average Bonchev–Trinajstić information content (AvgIpc) is 2.58. The van der Waals surface area contributed by atoms with Gasteiger partial charge < -0.3 is 19.7 Å². The molecule has 1 aliphatic rings. The molecule has 1 saturated carbocycles. The van der Waals surface area contributed by atoms with Crippen molar-refractivity contribution >= 4 is 26.0 Å². The maximum atomic E-state index is 13.1. The molecule has 1 rings (SSSR count). The van der Waals surface area contributed by atoms with E-state index in [0.29, 0.717) is 6.61 Å². The Morgan fingerprint density at radius 1 is 1.10 bits per heavy atom. The van der Waals surface area contributed by atoms with Gasteiger partial charge in [0, 0.05) is 21.0 Å². The number of carbonyl (C=O) groups is 3. The number of nitrogens with zero attached hydrogens (tertiary/aromatic N) is 1. The van der Waals surface area contributed by atoms with E-state index in [-0.39, 0.29) is 18.2 Å². The van der Waals surface area contributed by atoms with Crippen LogP contribution in [0.2, 0.25) is 25.7 Å². The highest BCUT2D eigenvalue weighted by Crippen LogP contribution is 2.25. The zero-order valence-electron chi connectivity index (χ0n) is 19.3. The zero-order chi connectivity index (χ0) is 22.2. The number of ketones is 1. The fraction of sp³-hybridized carbons (Fsp3) is 0.857. The van der Waals surface area contributed by atoms with E-state index in [1.54, 1.807) is 27.8 Å². The van der Waals surface area contributed by atoms with Gasteiger partial charge in [0.2, 0.25) is 0 Å². The van der Waals surface area contributed by atoms with Crippen LogP contribution >= 0.6 is 0 Å². The molecule has 0 aromatic carbocycles. The second-order valence-electron chi connectivity index (χ2n) is 10.2. The highest BCUT2D eigenvalue weighted by molar-refractivity contribution is 6.76. The molecule has 0 spiro atoms. The van der Waals surface area contributed by atoms with Crippen molar-refractivity contribution in [2.24, 2.45) is 5.92 Å². The van der Waals surface area contributed by atoms with Crippen LogP contribution < -0.4 is 5.32 Å². The van der Waals surface area contributed by atoms with Crippen LogP contribution in [0.5, 0.6) is 0 Å². The Hall–Kier alpha value is -1.57. The maximum absolute atomic E-state index is 13.1. The molecular weight excluding hydrogens is 388 g/mol. The van der Waals surface area contributed by atoms with Crippen LogP contribution in [0.15, 0.2) is 0 Å². The molecule has 0 radical (unpaired) electrons. The van der Waals surface area contributed by atoms with E-state index >= 15 is 0 Å². The number of amides is 2. The molecule has 0 aliphatic heterocycles. The van der Waals surface area contributed by atoms with Crippen molar-refractivity contribution in [1.29, 1.82) is 0 Å². The van der Waals surface area contributed by atoms with E-state index in [4.69, 9.17) is 9.47 Å². The third-order valence-corrected chi connectivity index (χ3v) is 6.59. The number of Topliss-reactive ketones (excluding diaryl/α,β-unsaturated/α-hetero) is 1. The summed E-state index contributed by atoms with van der Waals surface area (Å²) in [6.45, 7) is 12.4. The van der Waals surface area contributed by atoms with Crippen LogP contribution in [-0.4, -0.2) is 62.8 Å². The lowest BCUT2D eigenvalue weighted by molar-refractivity contribution is -0.126. The van der Waals surface area contributed by atoms with Gasteiger partial charge >= 0.3 is 12.2 Å². The highest BCUT2D eigenvalue weighted by atomic mass is 28.3. The number of hydrogen-bond acceptors (Lipinski definition) is 5. The normalized spacial score (nSPS) is 16.7.